The van der Waals surface area contributed by atoms with Crippen LogP contribution in [0.2, 0.25) is 10.0 Å². The van der Waals surface area contributed by atoms with Crippen molar-refractivity contribution in [2.75, 3.05) is 19.0 Å². The van der Waals surface area contributed by atoms with Crippen LogP contribution < -0.4 is 19.5 Å². The van der Waals surface area contributed by atoms with Crippen molar-refractivity contribution >= 4 is 40.8 Å². The van der Waals surface area contributed by atoms with Crippen molar-refractivity contribution in [1.29, 1.82) is 0 Å². The van der Waals surface area contributed by atoms with E-state index in [9.17, 15) is 28.7 Å². The van der Waals surface area contributed by atoms with Crippen LogP contribution in [-0.4, -0.2) is 60.4 Å². The Labute approximate surface area is 327 Å². The Balaban J connectivity index is 1.33. The van der Waals surface area contributed by atoms with Crippen LogP contribution in [0.4, 0.5) is 14.5 Å². The molecular weight excluding hydrogens is 755 g/mol. The second-order valence-electron chi connectivity index (χ2n) is 14.5. The van der Waals surface area contributed by atoms with Gasteiger partial charge >= 0.3 is 18.6 Å². The zero-order valence-electron chi connectivity index (χ0n) is 30.0. The molecule has 2 bridgehead atoms. The molecule has 10 nitrogen and oxygen atoms in total. The molecule has 3 fully saturated rings. The number of carbonyl (C=O) groups excluding carboxylic acids is 1. The number of esters is 1. The number of aromatic carboxylic acids is 1. The maximum Gasteiger partial charge on any atom is 0.387 e. The van der Waals surface area contributed by atoms with Crippen molar-refractivity contribution in [1.82, 2.24) is 4.90 Å². The van der Waals surface area contributed by atoms with Gasteiger partial charge in [-0.15, -0.1) is 0 Å². The molecule has 3 heterocycles. The SMILES string of the molecule is CN1C2CCC1CC(OC(=O)C(Nc1cccc(C(=O)O)c1[C@@H](Cc1c(Cl)c[n+]([O-])cc1Cl)c1ccc(OC(F)F)c(OCC3CC3)c1)c1ccccc1)C2. The zero-order valence-corrected chi connectivity index (χ0v) is 31.5. The van der Waals surface area contributed by atoms with E-state index in [0.717, 1.165) is 50.9 Å². The number of piperidine rings is 1. The number of nitrogens with zero attached hydrogens (tertiary/aromatic N) is 2. The van der Waals surface area contributed by atoms with E-state index < -0.39 is 30.5 Å². The fourth-order valence-electron chi connectivity index (χ4n) is 7.88. The number of aromatic nitrogens is 1. The summed E-state index contributed by atoms with van der Waals surface area (Å²) in [5.74, 6) is -2.51. The third kappa shape index (κ3) is 8.92. The van der Waals surface area contributed by atoms with Gasteiger partial charge in [-0.1, -0.05) is 65.7 Å². The van der Waals surface area contributed by atoms with Gasteiger partial charge < -0.3 is 34.7 Å². The number of benzene rings is 3. The lowest BCUT2D eigenvalue weighted by Crippen LogP contribution is -2.44. The van der Waals surface area contributed by atoms with Crippen molar-refractivity contribution < 1.29 is 42.4 Å². The standard InChI is InChI=1S/C41H41Cl2F2N3O7/c1-47-26-13-14-27(47)18-28(17-26)54-40(51)38(24-6-3-2-4-7-24)46-34-9-5-8-29(39(49)50)37(34)30(19-31-32(42)20-48(52)21-33(31)43)25-12-15-35(55-41(44)45)36(16-25)53-22-23-10-11-23/h2-9,12,15-16,20-21,23,26-28,30,38,41,46H,10-11,13-14,17-19,22H2,1H3,(H,49,50)/t26?,27?,28?,30-,38?/m0/s1. The minimum Gasteiger partial charge on any atom is -0.619 e. The fraction of sp³-hybridized carbons (Fsp3) is 0.390. The first-order chi connectivity index (χ1) is 26.4. The third-order valence-electron chi connectivity index (χ3n) is 10.9. The average molecular weight is 797 g/mol. The molecule has 0 radical (unpaired) electrons. The minimum absolute atomic E-state index is 0.0343. The summed E-state index contributed by atoms with van der Waals surface area (Å²) < 4.78 is 44.6. The van der Waals surface area contributed by atoms with E-state index in [2.05, 4.69) is 17.3 Å². The van der Waals surface area contributed by atoms with Crippen LogP contribution in [-0.2, 0) is 16.0 Å². The van der Waals surface area contributed by atoms with Crippen LogP contribution in [0.15, 0.2) is 79.1 Å². The van der Waals surface area contributed by atoms with Gasteiger partial charge in [-0.25, -0.2) is 9.59 Å². The highest BCUT2D eigenvalue weighted by atomic mass is 35.5. The number of hydrogen-bond donors (Lipinski definition) is 2. The van der Waals surface area contributed by atoms with Crippen LogP contribution in [0.3, 0.4) is 0 Å². The van der Waals surface area contributed by atoms with Gasteiger partial charge in [-0.2, -0.15) is 13.5 Å². The number of hydrogen-bond acceptors (Lipinski definition) is 8. The number of anilines is 1. The van der Waals surface area contributed by atoms with E-state index in [0.29, 0.717) is 39.2 Å². The van der Waals surface area contributed by atoms with E-state index in [1.165, 1.54) is 12.1 Å². The predicted molar refractivity (Wildman–Crippen MR) is 202 cm³/mol. The molecule has 2 saturated heterocycles. The summed E-state index contributed by atoms with van der Waals surface area (Å²) in [6.45, 7) is -2.83. The number of nitrogens with one attached hydrogen (secondary N) is 1. The molecule has 1 aromatic heterocycles. The molecular formula is C41H41Cl2F2N3O7. The predicted octanol–water partition coefficient (Wildman–Crippen LogP) is 8.41. The lowest BCUT2D eigenvalue weighted by atomic mass is 9.82. The molecule has 4 aromatic rings. The molecule has 7 rings (SSSR count). The second kappa shape index (κ2) is 16.6. The Morgan fingerprint density at radius 1 is 0.945 bits per heavy atom. The van der Waals surface area contributed by atoms with Gasteiger partial charge in [0, 0.05) is 29.3 Å². The molecule has 4 atom stereocenters. The first-order valence-corrected chi connectivity index (χ1v) is 19.1. The van der Waals surface area contributed by atoms with Crippen molar-refractivity contribution in [3.05, 3.63) is 122 Å². The maximum atomic E-state index is 14.2. The summed E-state index contributed by atoms with van der Waals surface area (Å²) in [6.07, 6.45) is 7.41. The summed E-state index contributed by atoms with van der Waals surface area (Å²) in [7, 11) is 2.11. The summed E-state index contributed by atoms with van der Waals surface area (Å²) in [4.78, 5) is 29.7. The molecule has 1 aliphatic carbocycles. The van der Waals surface area contributed by atoms with Crippen LogP contribution in [0.1, 0.15) is 83.1 Å². The fourth-order valence-corrected chi connectivity index (χ4v) is 8.48. The molecule has 55 heavy (non-hydrogen) atoms. The summed E-state index contributed by atoms with van der Waals surface area (Å²) in [6, 6.07) is 17.8. The quantitative estimate of drug-likeness (QED) is 0.0694. The lowest BCUT2D eigenvalue weighted by Gasteiger charge is -2.36. The normalized spacial score (nSPS) is 20.5. The molecule has 3 aliphatic rings. The molecule has 2 aliphatic heterocycles. The van der Waals surface area contributed by atoms with Crippen LogP contribution >= 0.6 is 23.2 Å². The van der Waals surface area contributed by atoms with Gasteiger partial charge in [0.2, 0.25) is 0 Å². The Morgan fingerprint density at radius 3 is 2.27 bits per heavy atom. The second-order valence-corrected chi connectivity index (χ2v) is 15.3. The van der Waals surface area contributed by atoms with E-state index in [-0.39, 0.29) is 57.7 Å². The molecule has 290 valence electrons. The van der Waals surface area contributed by atoms with Crippen LogP contribution in [0.5, 0.6) is 11.5 Å². The van der Waals surface area contributed by atoms with Crippen molar-refractivity contribution in [2.24, 2.45) is 5.92 Å². The third-order valence-corrected chi connectivity index (χ3v) is 11.6. The summed E-state index contributed by atoms with van der Waals surface area (Å²) in [5, 5.41) is 26.3. The Hall–Kier alpha value is -4.65. The number of halogens is 4. The van der Waals surface area contributed by atoms with Gasteiger partial charge in [0.05, 0.1) is 12.2 Å². The smallest absolute Gasteiger partial charge is 0.387 e. The number of rotatable bonds is 15. The van der Waals surface area contributed by atoms with Crippen LogP contribution in [0.25, 0.3) is 0 Å². The summed E-state index contributed by atoms with van der Waals surface area (Å²) >= 11 is 13.2. The highest BCUT2D eigenvalue weighted by molar-refractivity contribution is 6.35. The van der Waals surface area contributed by atoms with Crippen molar-refractivity contribution in [2.45, 2.75) is 81.7 Å². The number of carboxylic acids is 1. The molecule has 0 spiro atoms. The molecule has 2 N–H and O–H groups in total. The molecule has 1 saturated carbocycles. The number of carbonyl (C=O) groups is 2. The van der Waals surface area contributed by atoms with Gasteiger partial charge in [-0.3, -0.25) is 0 Å². The van der Waals surface area contributed by atoms with E-state index in [1.807, 2.05) is 6.07 Å². The number of alkyl halides is 2. The molecule has 3 aromatic carbocycles. The van der Waals surface area contributed by atoms with E-state index in [4.69, 9.17) is 37.4 Å². The number of fused-ring (bicyclic) bond motifs is 2. The van der Waals surface area contributed by atoms with Crippen LogP contribution in [0, 0.1) is 11.1 Å². The largest absolute Gasteiger partial charge is 0.619 e. The van der Waals surface area contributed by atoms with E-state index >= 15 is 0 Å². The van der Waals surface area contributed by atoms with Gasteiger partial charge in [-0.05, 0) is 98.9 Å². The highest BCUT2D eigenvalue weighted by Crippen LogP contribution is 2.44. The summed E-state index contributed by atoms with van der Waals surface area (Å²) in [5.41, 5.74) is 1.85. The number of pyridine rings is 1. The first-order valence-electron chi connectivity index (χ1n) is 18.3. The van der Waals surface area contributed by atoms with Gasteiger partial charge in [0.1, 0.15) is 16.1 Å². The zero-order chi connectivity index (χ0) is 38.8. The van der Waals surface area contributed by atoms with E-state index in [1.54, 1.807) is 48.5 Å². The van der Waals surface area contributed by atoms with Crippen molar-refractivity contribution in [3.63, 3.8) is 0 Å². The average Bonchev–Trinajstić information content (AvgIpc) is 3.95. The highest BCUT2D eigenvalue weighted by Gasteiger charge is 2.41. The first kappa shape index (κ1) is 38.6. The number of ether oxygens (including phenoxy) is 3. The van der Waals surface area contributed by atoms with Gasteiger partial charge in [0.15, 0.2) is 29.9 Å². The Bertz CT molecular complexity index is 2000. The Kier molecular flexibility index (Phi) is 11.7. The number of carboxylic acid groups (broad SMARTS) is 1. The van der Waals surface area contributed by atoms with Crippen molar-refractivity contribution in [3.8, 4) is 11.5 Å². The minimum atomic E-state index is -3.12. The Morgan fingerprint density at radius 2 is 1.64 bits per heavy atom. The molecule has 0 amide bonds. The monoisotopic (exact) mass is 795 g/mol. The molecule has 3 unspecified atom stereocenters. The lowest BCUT2D eigenvalue weighted by molar-refractivity contribution is -0.605. The molecule has 14 heteroatoms. The topological polar surface area (TPSA) is 124 Å². The maximum absolute atomic E-state index is 14.2. The van der Waals surface area contributed by atoms with Gasteiger partial charge in [0.25, 0.3) is 0 Å².